The summed E-state index contributed by atoms with van der Waals surface area (Å²) >= 11 is 0. The summed E-state index contributed by atoms with van der Waals surface area (Å²) in [6.45, 7) is 0. The standard InChI is InChI=1S/C14H9O2P/c1-3-7-11-9(5-1)10-6-2-4-8-12(10)14-13(11)15-17-16-14/h1-8,17H. The van der Waals surface area contributed by atoms with Crippen molar-refractivity contribution in [3.05, 3.63) is 48.5 Å². The van der Waals surface area contributed by atoms with E-state index in [1.807, 2.05) is 12.1 Å². The second-order valence-electron chi connectivity index (χ2n) is 4.04. The van der Waals surface area contributed by atoms with Gasteiger partial charge >= 0.3 is 0 Å². The highest BCUT2D eigenvalue weighted by Gasteiger charge is 2.21. The minimum Gasteiger partial charge on any atom is -0.436 e. The first-order valence-electron chi connectivity index (χ1n) is 5.47. The van der Waals surface area contributed by atoms with E-state index in [1.54, 1.807) is 0 Å². The van der Waals surface area contributed by atoms with Gasteiger partial charge in [-0.1, -0.05) is 48.5 Å². The summed E-state index contributed by atoms with van der Waals surface area (Å²) in [6, 6.07) is 16.6. The van der Waals surface area contributed by atoms with Gasteiger partial charge in [0.1, 0.15) is 0 Å². The molecular weight excluding hydrogens is 231 g/mol. The fourth-order valence-electron chi connectivity index (χ4n) is 2.38. The molecule has 82 valence electrons. The molecule has 3 aromatic carbocycles. The first-order valence-corrected chi connectivity index (χ1v) is 6.29. The molecule has 1 aliphatic heterocycles. The second kappa shape index (κ2) is 3.35. The minimum absolute atomic E-state index is 0.0729. The Morgan fingerprint density at radius 3 is 1.47 bits per heavy atom. The molecule has 0 atom stereocenters. The molecule has 0 aromatic heterocycles. The van der Waals surface area contributed by atoms with Crippen LogP contribution >= 0.6 is 9.03 Å². The maximum absolute atomic E-state index is 5.63. The summed E-state index contributed by atoms with van der Waals surface area (Å²) in [5.41, 5.74) is 0. The third-order valence-corrected chi connectivity index (χ3v) is 3.70. The number of rotatable bonds is 0. The molecule has 2 nitrogen and oxygen atoms in total. The fourth-order valence-corrected chi connectivity index (χ4v) is 3.00. The van der Waals surface area contributed by atoms with E-state index in [9.17, 15) is 0 Å². The zero-order chi connectivity index (χ0) is 11.2. The van der Waals surface area contributed by atoms with Crippen LogP contribution in [0.2, 0.25) is 0 Å². The quantitative estimate of drug-likeness (QED) is 0.431. The molecule has 0 saturated carbocycles. The molecule has 3 aromatic rings. The molecule has 1 heterocycles. The molecule has 0 amide bonds. The van der Waals surface area contributed by atoms with Gasteiger partial charge in [-0.3, -0.25) is 0 Å². The van der Waals surface area contributed by atoms with Crippen molar-refractivity contribution >= 4 is 30.6 Å². The van der Waals surface area contributed by atoms with Crippen molar-refractivity contribution in [1.82, 2.24) is 0 Å². The van der Waals surface area contributed by atoms with Crippen LogP contribution in [-0.2, 0) is 0 Å². The van der Waals surface area contributed by atoms with Gasteiger partial charge in [0, 0.05) is 10.8 Å². The zero-order valence-electron chi connectivity index (χ0n) is 8.94. The van der Waals surface area contributed by atoms with Gasteiger partial charge in [0.15, 0.2) is 11.5 Å². The van der Waals surface area contributed by atoms with E-state index in [0.717, 1.165) is 22.3 Å². The van der Waals surface area contributed by atoms with Crippen LogP contribution in [0.1, 0.15) is 0 Å². The molecule has 1 aliphatic rings. The van der Waals surface area contributed by atoms with E-state index in [1.165, 1.54) is 10.8 Å². The Labute approximate surface area is 100 Å². The third-order valence-electron chi connectivity index (χ3n) is 3.13. The van der Waals surface area contributed by atoms with Crippen LogP contribution in [0.15, 0.2) is 48.5 Å². The average molecular weight is 240 g/mol. The van der Waals surface area contributed by atoms with Crippen LogP contribution in [-0.4, -0.2) is 0 Å². The van der Waals surface area contributed by atoms with Crippen LogP contribution in [0, 0.1) is 0 Å². The lowest BCUT2D eigenvalue weighted by Crippen LogP contribution is -1.81. The van der Waals surface area contributed by atoms with Crippen molar-refractivity contribution in [2.75, 3.05) is 0 Å². The highest BCUT2D eigenvalue weighted by atomic mass is 31.1. The summed E-state index contributed by atoms with van der Waals surface area (Å²) in [5.74, 6) is 1.77. The number of fused-ring (bicyclic) bond motifs is 6. The molecule has 0 unspecified atom stereocenters. The number of hydrogen-bond acceptors (Lipinski definition) is 2. The molecule has 0 N–H and O–H groups in total. The Morgan fingerprint density at radius 1 is 0.588 bits per heavy atom. The summed E-state index contributed by atoms with van der Waals surface area (Å²) in [5, 5.41) is 4.70. The first-order chi connectivity index (χ1) is 8.45. The van der Waals surface area contributed by atoms with Gasteiger partial charge in [-0.15, -0.1) is 0 Å². The molecule has 0 radical (unpaired) electrons. The highest BCUT2D eigenvalue weighted by Crippen LogP contribution is 2.51. The molecule has 0 fully saturated rings. The average Bonchev–Trinajstić information content (AvgIpc) is 2.89. The Hall–Kier alpha value is -1.79. The minimum atomic E-state index is 0.0729. The predicted octanol–water partition coefficient (Wildman–Crippen LogP) is 4.27. The van der Waals surface area contributed by atoms with E-state index in [0.29, 0.717) is 0 Å². The highest BCUT2D eigenvalue weighted by molar-refractivity contribution is 7.27. The summed E-state index contributed by atoms with van der Waals surface area (Å²) in [4.78, 5) is 0. The molecule has 4 rings (SSSR count). The van der Waals surface area contributed by atoms with Gasteiger partial charge in [0.25, 0.3) is 9.03 Å². The fraction of sp³-hybridized carbons (Fsp3) is 0. The lowest BCUT2D eigenvalue weighted by atomic mass is 10.0. The van der Waals surface area contributed by atoms with Gasteiger partial charge in [-0.25, -0.2) is 0 Å². The Balaban J connectivity index is 2.34. The number of benzene rings is 3. The molecular formula is C14H9O2P. The predicted molar refractivity (Wildman–Crippen MR) is 71.0 cm³/mol. The molecule has 0 saturated heterocycles. The summed E-state index contributed by atoms with van der Waals surface area (Å²) in [7, 11) is 0.0729. The topological polar surface area (TPSA) is 18.5 Å². The molecule has 17 heavy (non-hydrogen) atoms. The van der Waals surface area contributed by atoms with Crippen LogP contribution in [0.5, 0.6) is 11.5 Å². The van der Waals surface area contributed by atoms with Gasteiger partial charge in [0.05, 0.1) is 0 Å². The van der Waals surface area contributed by atoms with Gasteiger partial charge < -0.3 is 9.05 Å². The SMILES string of the molecule is c1ccc2c(c1)c1c(c3ccccc32)OPO1. The Bertz CT molecular complexity index is 674. The van der Waals surface area contributed by atoms with Crippen LogP contribution in [0.3, 0.4) is 0 Å². The smallest absolute Gasteiger partial charge is 0.275 e. The monoisotopic (exact) mass is 240 g/mol. The second-order valence-corrected chi connectivity index (χ2v) is 4.61. The lowest BCUT2D eigenvalue weighted by molar-refractivity contribution is 0.607. The summed E-state index contributed by atoms with van der Waals surface area (Å²) in [6.07, 6.45) is 0. The lowest BCUT2D eigenvalue weighted by Gasteiger charge is -2.07. The van der Waals surface area contributed by atoms with Crippen molar-refractivity contribution in [2.45, 2.75) is 0 Å². The normalized spacial score (nSPS) is 13.4. The Kier molecular flexibility index (Phi) is 1.82. The molecule has 0 aliphatic carbocycles. The van der Waals surface area contributed by atoms with E-state index in [-0.39, 0.29) is 9.03 Å². The molecule has 0 spiro atoms. The van der Waals surface area contributed by atoms with Crippen molar-refractivity contribution < 1.29 is 9.05 Å². The van der Waals surface area contributed by atoms with E-state index >= 15 is 0 Å². The van der Waals surface area contributed by atoms with Crippen molar-refractivity contribution in [1.29, 1.82) is 0 Å². The molecule has 0 bridgehead atoms. The van der Waals surface area contributed by atoms with Crippen molar-refractivity contribution in [2.24, 2.45) is 0 Å². The van der Waals surface area contributed by atoms with E-state index in [2.05, 4.69) is 36.4 Å². The maximum Gasteiger partial charge on any atom is 0.275 e. The molecule has 3 heteroatoms. The van der Waals surface area contributed by atoms with Gasteiger partial charge in [0.2, 0.25) is 0 Å². The largest absolute Gasteiger partial charge is 0.436 e. The van der Waals surface area contributed by atoms with Crippen LogP contribution in [0.4, 0.5) is 0 Å². The van der Waals surface area contributed by atoms with Gasteiger partial charge in [-0.05, 0) is 10.8 Å². The van der Waals surface area contributed by atoms with Crippen molar-refractivity contribution in [3.63, 3.8) is 0 Å². The summed E-state index contributed by atoms with van der Waals surface area (Å²) < 4.78 is 11.3. The number of hydrogen-bond donors (Lipinski definition) is 0. The van der Waals surface area contributed by atoms with Crippen molar-refractivity contribution in [3.8, 4) is 11.5 Å². The Morgan fingerprint density at radius 2 is 1.00 bits per heavy atom. The van der Waals surface area contributed by atoms with Crippen LogP contribution < -0.4 is 9.05 Å². The third kappa shape index (κ3) is 1.19. The maximum atomic E-state index is 5.63. The zero-order valence-corrected chi connectivity index (χ0v) is 9.94. The van der Waals surface area contributed by atoms with E-state index in [4.69, 9.17) is 9.05 Å². The van der Waals surface area contributed by atoms with Gasteiger partial charge in [-0.2, -0.15) is 0 Å². The van der Waals surface area contributed by atoms with Crippen LogP contribution in [0.25, 0.3) is 21.5 Å². The first kappa shape index (κ1) is 9.26. The van der Waals surface area contributed by atoms with E-state index < -0.39 is 0 Å².